The molecule has 0 aliphatic heterocycles. The number of imidazole rings is 1. The number of rotatable bonds is 6. The third-order valence-electron chi connectivity index (χ3n) is 7.11. The Kier molecular flexibility index (Phi) is 5.14. The first-order valence-electron chi connectivity index (χ1n) is 12.4. The first kappa shape index (κ1) is 21.6. The van der Waals surface area contributed by atoms with Crippen LogP contribution in [-0.4, -0.2) is 46.5 Å². The second-order valence-electron chi connectivity index (χ2n) is 9.46. The van der Waals surface area contributed by atoms with Crippen LogP contribution < -0.4 is 5.32 Å². The molecule has 0 radical (unpaired) electrons. The monoisotopic (exact) mass is 488 g/mol. The minimum Gasteiger partial charge on any atom is -0.374 e. The van der Waals surface area contributed by atoms with Crippen molar-refractivity contribution in [2.24, 2.45) is 5.92 Å². The highest BCUT2D eigenvalue weighted by molar-refractivity contribution is 5.97. The Hall–Kier alpha value is -4.63. The fourth-order valence-electron chi connectivity index (χ4n) is 4.86. The molecule has 182 valence electrons. The van der Waals surface area contributed by atoms with E-state index in [0.717, 1.165) is 57.2 Å². The number of hydrogen-bond acceptors (Lipinski definition) is 7. The second kappa shape index (κ2) is 8.79. The van der Waals surface area contributed by atoms with E-state index in [-0.39, 0.29) is 0 Å². The number of para-hydroxylation sites is 1. The van der Waals surface area contributed by atoms with E-state index in [1.165, 1.54) is 6.42 Å². The normalized spacial score (nSPS) is 14.6. The van der Waals surface area contributed by atoms with Crippen molar-refractivity contribution in [2.75, 3.05) is 5.32 Å². The van der Waals surface area contributed by atoms with Gasteiger partial charge in [-0.15, -0.1) is 0 Å². The summed E-state index contributed by atoms with van der Waals surface area (Å²) in [6, 6.07) is 14.0. The number of hydrogen-bond donors (Lipinski definition) is 4. The first-order valence-corrected chi connectivity index (χ1v) is 12.4. The molecule has 5 aromatic heterocycles. The number of benzene rings is 1. The van der Waals surface area contributed by atoms with Crippen LogP contribution >= 0.6 is 0 Å². The maximum absolute atomic E-state index is 10.4. The zero-order chi connectivity index (χ0) is 24.8. The van der Waals surface area contributed by atoms with Gasteiger partial charge in [0.1, 0.15) is 11.9 Å². The van der Waals surface area contributed by atoms with E-state index in [4.69, 9.17) is 4.98 Å². The molecule has 5 heterocycles. The van der Waals surface area contributed by atoms with Gasteiger partial charge in [-0.2, -0.15) is 5.10 Å². The topological polar surface area (TPSA) is 128 Å². The summed E-state index contributed by atoms with van der Waals surface area (Å²) in [4.78, 5) is 21.6. The summed E-state index contributed by atoms with van der Waals surface area (Å²) in [7, 11) is 0. The van der Waals surface area contributed by atoms with E-state index < -0.39 is 6.23 Å². The predicted molar refractivity (Wildman–Crippen MR) is 142 cm³/mol. The molecule has 1 saturated carbocycles. The lowest BCUT2D eigenvalue weighted by atomic mass is 9.84. The molecule has 1 aromatic carbocycles. The van der Waals surface area contributed by atoms with Crippen LogP contribution in [0.5, 0.6) is 0 Å². The molecule has 9 heteroatoms. The van der Waals surface area contributed by atoms with Crippen LogP contribution in [0.2, 0.25) is 0 Å². The number of nitrogens with zero attached hydrogens (tertiary/aromatic N) is 5. The van der Waals surface area contributed by atoms with Crippen molar-refractivity contribution in [1.29, 1.82) is 0 Å². The molecule has 1 aliphatic carbocycles. The van der Waals surface area contributed by atoms with E-state index in [9.17, 15) is 5.11 Å². The second-order valence-corrected chi connectivity index (χ2v) is 9.46. The minimum absolute atomic E-state index is 0.303. The number of H-pyrrole nitrogens is 2. The highest BCUT2D eigenvalue weighted by Gasteiger charge is 2.25. The fourth-order valence-corrected chi connectivity index (χ4v) is 4.86. The van der Waals surface area contributed by atoms with Gasteiger partial charge in [0, 0.05) is 53.0 Å². The van der Waals surface area contributed by atoms with Crippen LogP contribution in [0, 0.1) is 5.92 Å². The molecule has 1 fully saturated rings. The molecular weight excluding hydrogens is 464 g/mol. The number of aliphatic hydroxyl groups is 1. The summed E-state index contributed by atoms with van der Waals surface area (Å²) in [6.07, 6.45) is 11.6. The highest BCUT2D eigenvalue weighted by atomic mass is 16.3. The molecule has 9 nitrogen and oxygen atoms in total. The molecule has 0 amide bonds. The van der Waals surface area contributed by atoms with Crippen molar-refractivity contribution in [3.05, 3.63) is 73.4 Å². The number of nitrogens with one attached hydrogen (secondary N) is 3. The molecular formula is C28H24N8O. The Labute approximate surface area is 212 Å². The SMILES string of the molecule is OC(Nc1cncc(-c2cnc3[nH]nc(-c4nc5c(-c6cccnc6)cccc5[nH]4)c3c2)c1)C1CCC1. The third kappa shape index (κ3) is 3.89. The van der Waals surface area contributed by atoms with E-state index in [1.54, 1.807) is 24.8 Å². The van der Waals surface area contributed by atoms with Gasteiger partial charge in [-0.25, -0.2) is 9.97 Å². The van der Waals surface area contributed by atoms with Crippen molar-refractivity contribution in [3.8, 4) is 33.8 Å². The molecule has 1 unspecified atom stereocenters. The Balaban J connectivity index is 1.26. The summed E-state index contributed by atoms with van der Waals surface area (Å²) in [6.45, 7) is 0. The predicted octanol–water partition coefficient (Wildman–Crippen LogP) is 5.16. The average Bonchev–Trinajstić information content (AvgIpc) is 3.52. The maximum Gasteiger partial charge on any atom is 0.159 e. The van der Waals surface area contributed by atoms with E-state index >= 15 is 0 Å². The van der Waals surface area contributed by atoms with Gasteiger partial charge in [-0.1, -0.05) is 24.6 Å². The molecule has 1 atom stereocenters. The lowest BCUT2D eigenvalue weighted by molar-refractivity contribution is 0.0851. The van der Waals surface area contributed by atoms with Crippen molar-refractivity contribution < 1.29 is 5.11 Å². The maximum atomic E-state index is 10.4. The summed E-state index contributed by atoms with van der Waals surface area (Å²) in [5.74, 6) is 0.964. The molecule has 0 spiro atoms. The number of aromatic amines is 2. The van der Waals surface area contributed by atoms with Gasteiger partial charge in [-0.3, -0.25) is 15.1 Å². The zero-order valence-electron chi connectivity index (χ0n) is 19.9. The minimum atomic E-state index is -0.559. The smallest absolute Gasteiger partial charge is 0.159 e. The summed E-state index contributed by atoms with van der Waals surface area (Å²) >= 11 is 0. The molecule has 6 aromatic rings. The van der Waals surface area contributed by atoms with Gasteiger partial charge in [0.25, 0.3) is 0 Å². The first-order chi connectivity index (χ1) is 18.2. The van der Waals surface area contributed by atoms with Crippen LogP contribution in [0.15, 0.2) is 73.4 Å². The fraction of sp³-hybridized carbons (Fsp3) is 0.179. The van der Waals surface area contributed by atoms with Gasteiger partial charge in [0.15, 0.2) is 11.5 Å². The zero-order valence-corrected chi connectivity index (χ0v) is 19.9. The summed E-state index contributed by atoms with van der Waals surface area (Å²) in [5.41, 5.74) is 7.74. The quantitative estimate of drug-likeness (QED) is 0.239. The van der Waals surface area contributed by atoms with E-state index in [1.807, 2.05) is 48.7 Å². The molecule has 7 rings (SSSR count). The van der Waals surface area contributed by atoms with Crippen molar-refractivity contribution in [1.82, 2.24) is 35.1 Å². The summed E-state index contributed by atoms with van der Waals surface area (Å²) in [5, 5.41) is 22.0. The Morgan fingerprint density at radius 2 is 1.84 bits per heavy atom. The Bertz CT molecular complexity index is 1720. The number of fused-ring (bicyclic) bond motifs is 2. The molecule has 37 heavy (non-hydrogen) atoms. The number of aromatic nitrogens is 7. The van der Waals surface area contributed by atoms with E-state index in [0.29, 0.717) is 23.1 Å². The molecule has 4 N–H and O–H groups in total. The highest BCUT2D eigenvalue weighted by Crippen LogP contribution is 2.33. The Morgan fingerprint density at radius 3 is 2.68 bits per heavy atom. The number of anilines is 1. The van der Waals surface area contributed by atoms with Gasteiger partial charge in [0.05, 0.1) is 28.3 Å². The molecule has 0 bridgehead atoms. The van der Waals surface area contributed by atoms with Crippen LogP contribution in [0.4, 0.5) is 5.69 Å². The van der Waals surface area contributed by atoms with Crippen molar-refractivity contribution >= 4 is 27.8 Å². The van der Waals surface area contributed by atoms with Crippen molar-refractivity contribution in [2.45, 2.75) is 25.5 Å². The van der Waals surface area contributed by atoms with Crippen LogP contribution in [0.1, 0.15) is 19.3 Å². The van der Waals surface area contributed by atoms with Gasteiger partial charge in [-0.05, 0) is 37.1 Å². The van der Waals surface area contributed by atoms with Gasteiger partial charge < -0.3 is 15.4 Å². The van der Waals surface area contributed by atoms with Gasteiger partial charge >= 0.3 is 0 Å². The molecule has 0 saturated heterocycles. The molecule has 1 aliphatic rings. The van der Waals surface area contributed by atoms with E-state index in [2.05, 4.69) is 35.5 Å². The van der Waals surface area contributed by atoms with Gasteiger partial charge in [0.2, 0.25) is 0 Å². The average molecular weight is 489 g/mol. The van der Waals surface area contributed by atoms with Crippen LogP contribution in [-0.2, 0) is 0 Å². The van der Waals surface area contributed by atoms with Crippen LogP contribution in [0.3, 0.4) is 0 Å². The summed E-state index contributed by atoms with van der Waals surface area (Å²) < 4.78 is 0. The van der Waals surface area contributed by atoms with Crippen LogP contribution in [0.25, 0.3) is 55.8 Å². The Morgan fingerprint density at radius 1 is 0.946 bits per heavy atom. The standard InChI is InChI=1S/C28H24N8O/c37-28(16-4-1-5-16)32-20-10-18(13-30-15-20)19-11-22-25(35-36-26(22)31-14-19)27-33-23-8-2-7-21(24(23)34-27)17-6-3-9-29-12-17/h2-3,6-16,28,32,37H,1,4-5H2,(H,33,34)(H,31,35,36). The largest absolute Gasteiger partial charge is 0.374 e. The lowest BCUT2D eigenvalue weighted by Gasteiger charge is -2.31. The third-order valence-corrected chi connectivity index (χ3v) is 7.11. The lowest BCUT2D eigenvalue weighted by Crippen LogP contribution is -2.33. The number of aliphatic hydroxyl groups excluding tert-OH is 1. The number of pyridine rings is 3. The van der Waals surface area contributed by atoms with Crippen molar-refractivity contribution in [3.63, 3.8) is 0 Å².